The zero-order valence-corrected chi connectivity index (χ0v) is 14.9. The molecule has 0 radical (unpaired) electrons. The van der Waals surface area contributed by atoms with Crippen LogP contribution in [-0.4, -0.2) is 40.0 Å². The maximum absolute atomic E-state index is 12.1. The lowest BCUT2D eigenvalue weighted by atomic mass is 9.87. The summed E-state index contributed by atoms with van der Waals surface area (Å²) in [6.07, 6.45) is 0. The topological polar surface area (TPSA) is 128 Å². The average molecular weight is 357 g/mol. The van der Waals surface area contributed by atoms with Gasteiger partial charge in [-0.2, -0.15) is 4.72 Å². The zero-order valence-electron chi connectivity index (χ0n) is 14.1. The molecule has 0 fully saturated rings. The predicted molar refractivity (Wildman–Crippen MR) is 89.7 cm³/mol. The Kier molecular flexibility index (Phi) is 6.47. The van der Waals surface area contributed by atoms with E-state index in [9.17, 15) is 18.0 Å². The summed E-state index contributed by atoms with van der Waals surface area (Å²) < 4.78 is 30.7. The second-order valence-corrected chi connectivity index (χ2v) is 8.03. The number of ether oxygens (including phenoxy) is 1. The van der Waals surface area contributed by atoms with Crippen LogP contribution in [0, 0.1) is 5.41 Å². The largest absolute Gasteiger partial charge is 0.468 e. The van der Waals surface area contributed by atoms with Crippen molar-refractivity contribution in [3.8, 4) is 0 Å². The molecule has 0 saturated heterocycles. The molecule has 24 heavy (non-hydrogen) atoms. The number of methoxy groups -OCH3 is 1. The Balaban J connectivity index is 2.91. The SMILES string of the molecule is COC(=O)CNS(=O)(=O)c1cccc(NC(=O)[C@@H](N)C(C)(C)C)c1. The molecule has 1 aromatic carbocycles. The van der Waals surface area contributed by atoms with E-state index in [4.69, 9.17) is 5.73 Å². The van der Waals surface area contributed by atoms with E-state index in [-0.39, 0.29) is 4.90 Å². The van der Waals surface area contributed by atoms with Crippen molar-refractivity contribution in [2.45, 2.75) is 31.7 Å². The Morgan fingerprint density at radius 2 is 1.92 bits per heavy atom. The van der Waals surface area contributed by atoms with Gasteiger partial charge in [0.05, 0.1) is 18.0 Å². The molecule has 0 aromatic heterocycles. The number of nitrogens with two attached hydrogens (primary N) is 1. The number of benzene rings is 1. The van der Waals surface area contributed by atoms with Crippen molar-refractivity contribution >= 4 is 27.6 Å². The highest BCUT2D eigenvalue weighted by Gasteiger charge is 2.27. The highest BCUT2D eigenvalue weighted by atomic mass is 32.2. The van der Waals surface area contributed by atoms with Gasteiger partial charge in [-0.25, -0.2) is 8.42 Å². The number of nitrogens with one attached hydrogen (secondary N) is 2. The Labute approximate surface area is 141 Å². The monoisotopic (exact) mass is 357 g/mol. The molecule has 0 aliphatic heterocycles. The van der Waals surface area contributed by atoms with E-state index in [1.807, 2.05) is 20.8 Å². The highest BCUT2D eigenvalue weighted by Crippen LogP contribution is 2.20. The number of anilines is 1. The summed E-state index contributed by atoms with van der Waals surface area (Å²) in [4.78, 5) is 23.1. The highest BCUT2D eigenvalue weighted by molar-refractivity contribution is 7.89. The number of esters is 1. The van der Waals surface area contributed by atoms with Gasteiger partial charge in [-0.3, -0.25) is 9.59 Å². The van der Waals surface area contributed by atoms with Crippen LogP contribution in [0.4, 0.5) is 5.69 Å². The Hall–Kier alpha value is -1.97. The molecule has 8 nitrogen and oxygen atoms in total. The smallest absolute Gasteiger partial charge is 0.320 e. The molecule has 9 heteroatoms. The first kappa shape index (κ1) is 20.1. The van der Waals surface area contributed by atoms with Gasteiger partial charge in [0, 0.05) is 5.69 Å². The van der Waals surface area contributed by atoms with Crippen LogP contribution in [0.1, 0.15) is 20.8 Å². The number of hydrogen-bond acceptors (Lipinski definition) is 6. The second kappa shape index (κ2) is 7.73. The van der Waals surface area contributed by atoms with Gasteiger partial charge in [-0.1, -0.05) is 26.8 Å². The molecule has 0 bridgehead atoms. The summed E-state index contributed by atoms with van der Waals surface area (Å²) >= 11 is 0. The van der Waals surface area contributed by atoms with Gasteiger partial charge in [-0.15, -0.1) is 0 Å². The lowest BCUT2D eigenvalue weighted by molar-refractivity contribution is -0.139. The van der Waals surface area contributed by atoms with Gasteiger partial charge in [-0.05, 0) is 23.6 Å². The molecule has 4 N–H and O–H groups in total. The minimum Gasteiger partial charge on any atom is -0.468 e. The third-order valence-corrected chi connectivity index (χ3v) is 4.66. The summed E-state index contributed by atoms with van der Waals surface area (Å²) in [5.74, 6) is -1.13. The van der Waals surface area contributed by atoms with Gasteiger partial charge in [0.2, 0.25) is 15.9 Å². The molecule has 1 amide bonds. The van der Waals surface area contributed by atoms with E-state index < -0.39 is 39.9 Å². The van der Waals surface area contributed by atoms with Crippen molar-refractivity contribution in [2.75, 3.05) is 19.0 Å². The first-order valence-corrected chi connectivity index (χ1v) is 8.68. The third kappa shape index (κ3) is 5.59. The quantitative estimate of drug-likeness (QED) is 0.634. The predicted octanol–water partition coefficient (Wildman–Crippen LogP) is 0.450. The van der Waals surface area contributed by atoms with Crippen molar-refractivity contribution < 1.29 is 22.7 Å². The van der Waals surface area contributed by atoms with Crippen molar-refractivity contribution in [2.24, 2.45) is 11.1 Å². The van der Waals surface area contributed by atoms with Crippen LogP contribution in [0.15, 0.2) is 29.2 Å². The molecular weight excluding hydrogens is 334 g/mol. The summed E-state index contributed by atoms with van der Waals surface area (Å²) in [6, 6.07) is 4.90. The fourth-order valence-electron chi connectivity index (χ4n) is 1.66. The van der Waals surface area contributed by atoms with Gasteiger partial charge < -0.3 is 15.8 Å². The van der Waals surface area contributed by atoms with Crippen LogP contribution in [0.25, 0.3) is 0 Å². The van der Waals surface area contributed by atoms with Gasteiger partial charge >= 0.3 is 5.97 Å². The fraction of sp³-hybridized carbons (Fsp3) is 0.467. The summed E-state index contributed by atoms with van der Waals surface area (Å²) in [5, 5.41) is 2.59. The van der Waals surface area contributed by atoms with E-state index in [2.05, 4.69) is 14.8 Å². The van der Waals surface area contributed by atoms with E-state index in [1.54, 1.807) is 6.07 Å². The number of hydrogen-bond donors (Lipinski definition) is 3. The summed E-state index contributed by atoms with van der Waals surface area (Å²) in [6.45, 7) is 5.00. The van der Waals surface area contributed by atoms with E-state index in [1.165, 1.54) is 18.2 Å². The van der Waals surface area contributed by atoms with Crippen LogP contribution in [0.2, 0.25) is 0 Å². The number of rotatable bonds is 6. The van der Waals surface area contributed by atoms with Crippen LogP contribution in [-0.2, 0) is 24.3 Å². The van der Waals surface area contributed by atoms with E-state index in [0.29, 0.717) is 5.69 Å². The first-order valence-electron chi connectivity index (χ1n) is 7.20. The maximum Gasteiger partial charge on any atom is 0.320 e. The van der Waals surface area contributed by atoms with Gasteiger partial charge in [0.25, 0.3) is 0 Å². The standard InChI is InChI=1S/C15H23N3O5S/c1-15(2,3)13(16)14(20)18-10-6-5-7-11(8-10)24(21,22)17-9-12(19)23-4/h5-8,13,17H,9,16H2,1-4H3,(H,18,20)/t13-/m1/s1. The summed E-state index contributed by atoms with van der Waals surface area (Å²) in [5.41, 5.74) is 5.73. The van der Waals surface area contributed by atoms with Crippen LogP contribution in [0.5, 0.6) is 0 Å². The van der Waals surface area contributed by atoms with Crippen molar-refractivity contribution in [1.29, 1.82) is 0 Å². The minimum absolute atomic E-state index is 0.0893. The molecule has 1 atom stereocenters. The van der Waals surface area contributed by atoms with Crippen LogP contribution < -0.4 is 15.8 Å². The lowest BCUT2D eigenvalue weighted by Crippen LogP contribution is -2.45. The van der Waals surface area contributed by atoms with E-state index >= 15 is 0 Å². The lowest BCUT2D eigenvalue weighted by Gasteiger charge is -2.25. The van der Waals surface area contributed by atoms with Crippen molar-refractivity contribution in [3.63, 3.8) is 0 Å². The number of carbonyl (C=O) groups is 2. The van der Waals surface area contributed by atoms with Gasteiger partial charge in [0.15, 0.2) is 0 Å². The summed E-state index contributed by atoms with van der Waals surface area (Å²) in [7, 11) is -2.75. The molecular formula is C15H23N3O5S. The first-order chi connectivity index (χ1) is 11.0. The van der Waals surface area contributed by atoms with Crippen LogP contribution >= 0.6 is 0 Å². The molecule has 1 aromatic rings. The van der Waals surface area contributed by atoms with Crippen molar-refractivity contribution in [1.82, 2.24) is 4.72 Å². The van der Waals surface area contributed by atoms with E-state index in [0.717, 1.165) is 7.11 Å². The Bertz CT molecular complexity index is 710. The number of carbonyl (C=O) groups excluding carboxylic acids is 2. The Morgan fingerprint density at radius 1 is 1.29 bits per heavy atom. The molecule has 134 valence electrons. The number of sulfonamides is 1. The van der Waals surface area contributed by atoms with Crippen molar-refractivity contribution in [3.05, 3.63) is 24.3 Å². The third-order valence-electron chi connectivity index (χ3n) is 3.26. The molecule has 0 unspecified atom stereocenters. The zero-order chi connectivity index (χ0) is 18.5. The molecule has 0 spiro atoms. The normalized spacial score (nSPS) is 13.2. The Morgan fingerprint density at radius 3 is 2.46 bits per heavy atom. The van der Waals surface area contributed by atoms with Gasteiger partial charge in [0.1, 0.15) is 6.54 Å². The van der Waals surface area contributed by atoms with Crippen LogP contribution in [0.3, 0.4) is 0 Å². The minimum atomic E-state index is -3.91. The average Bonchev–Trinajstić information content (AvgIpc) is 2.51. The second-order valence-electron chi connectivity index (χ2n) is 6.26. The number of amides is 1. The molecule has 0 heterocycles. The molecule has 0 aliphatic rings. The molecule has 0 aliphatic carbocycles. The fourth-order valence-corrected chi connectivity index (χ4v) is 2.68. The maximum atomic E-state index is 12.1. The molecule has 0 saturated carbocycles. The molecule has 1 rings (SSSR count).